The van der Waals surface area contributed by atoms with Crippen LogP contribution in [0.2, 0.25) is 0 Å². The zero-order valence-electron chi connectivity index (χ0n) is 21.2. The number of nitrogens with one attached hydrogen (secondary N) is 1. The van der Waals surface area contributed by atoms with Gasteiger partial charge in [0.15, 0.2) is 0 Å². The van der Waals surface area contributed by atoms with Gasteiger partial charge in [0.05, 0.1) is 6.10 Å². The summed E-state index contributed by atoms with van der Waals surface area (Å²) in [4.78, 5) is 29.2. The molecule has 0 saturated carbocycles. The normalized spacial score (nSPS) is 17.6. The van der Waals surface area contributed by atoms with Crippen LogP contribution in [0.15, 0.2) is 73.3 Å². The van der Waals surface area contributed by atoms with Crippen LogP contribution in [0.3, 0.4) is 0 Å². The van der Waals surface area contributed by atoms with E-state index in [1.54, 1.807) is 6.33 Å². The summed E-state index contributed by atoms with van der Waals surface area (Å²) in [7, 11) is 0. The van der Waals surface area contributed by atoms with Gasteiger partial charge >= 0.3 is 0 Å². The van der Waals surface area contributed by atoms with Crippen molar-refractivity contribution in [3.63, 3.8) is 0 Å². The number of aliphatic hydroxyl groups excluding tert-OH is 1. The summed E-state index contributed by atoms with van der Waals surface area (Å²) in [5, 5.41) is 13.1. The van der Waals surface area contributed by atoms with Gasteiger partial charge < -0.3 is 25.1 Å². The Morgan fingerprint density at radius 1 is 0.737 bits per heavy atom. The van der Waals surface area contributed by atoms with E-state index >= 15 is 0 Å². The van der Waals surface area contributed by atoms with E-state index < -0.39 is 0 Å². The number of benzene rings is 2. The van der Waals surface area contributed by atoms with Crippen molar-refractivity contribution in [3.05, 3.63) is 84.4 Å². The number of β-amino-alcohol motifs (C(OH)–C–C–N with tert-alkyl or cyclic N) is 1. The van der Waals surface area contributed by atoms with E-state index in [0.717, 1.165) is 68.5 Å². The molecule has 1 atom stereocenters. The van der Waals surface area contributed by atoms with E-state index in [-0.39, 0.29) is 6.10 Å². The molecule has 0 unspecified atom stereocenters. The number of anilines is 5. The third-order valence-corrected chi connectivity index (χ3v) is 7.00. The third kappa shape index (κ3) is 5.65. The average Bonchev–Trinajstić information content (AvgIpc) is 3.41. The largest absolute Gasteiger partial charge is 0.391 e. The SMILES string of the molecule is O[C@@H]1CCN(c2ccc(Nc3ncnc(N4CCN(c5ncc(Cc6ccccc6)cn5)CC4)n3)cc2)C1. The Kier molecular flexibility index (Phi) is 6.95. The van der Waals surface area contributed by atoms with E-state index in [4.69, 9.17) is 0 Å². The summed E-state index contributed by atoms with van der Waals surface area (Å²) < 4.78 is 0. The number of aliphatic hydroxyl groups is 1. The Bertz CT molecular complexity index is 1330. The Labute approximate surface area is 222 Å². The average molecular weight is 510 g/mol. The van der Waals surface area contributed by atoms with Crippen LogP contribution < -0.4 is 20.0 Å². The van der Waals surface area contributed by atoms with Crippen molar-refractivity contribution in [1.82, 2.24) is 24.9 Å². The minimum atomic E-state index is -0.240. The van der Waals surface area contributed by atoms with Gasteiger partial charge in [-0.3, -0.25) is 0 Å². The summed E-state index contributed by atoms with van der Waals surface area (Å²) in [6.07, 6.45) is 6.80. The van der Waals surface area contributed by atoms with E-state index in [2.05, 4.69) is 81.3 Å². The summed E-state index contributed by atoms with van der Waals surface area (Å²) in [6.45, 7) is 4.69. The van der Waals surface area contributed by atoms with Crippen molar-refractivity contribution in [2.45, 2.75) is 18.9 Å². The number of rotatable bonds is 7. The topological polar surface area (TPSA) is 106 Å². The Hall–Kier alpha value is -4.31. The Morgan fingerprint density at radius 3 is 2.13 bits per heavy atom. The first-order chi connectivity index (χ1) is 18.7. The molecule has 2 aliphatic heterocycles. The molecular weight excluding hydrogens is 478 g/mol. The smallest absolute Gasteiger partial charge is 0.231 e. The summed E-state index contributed by atoms with van der Waals surface area (Å²) in [5.41, 5.74) is 4.37. The first-order valence-electron chi connectivity index (χ1n) is 13.0. The van der Waals surface area contributed by atoms with E-state index in [1.807, 2.05) is 30.6 Å². The number of hydrogen-bond acceptors (Lipinski definition) is 10. The molecule has 0 spiro atoms. The first-order valence-corrected chi connectivity index (χ1v) is 13.0. The molecule has 2 saturated heterocycles. The fraction of sp³-hybridized carbons (Fsp3) is 0.321. The van der Waals surface area contributed by atoms with Crippen LogP contribution in [0.4, 0.5) is 29.2 Å². The van der Waals surface area contributed by atoms with Gasteiger partial charge in [0.1, 0.15) is 6.33 Å². The highest BCUT2D eigenvalue weighted by Crippen LogP contribution is 2.24. The van der Waals surface area contributed by atoms with Gasteiger partial charge in [0.25, 0.3) is 0 Å². The molecule has 10 heteroatoms. The minimum absolute atomic E-state index is 0.240. The summed E-state index contributed by atoms with van der Waals surface area (Å²) in [5.74, 6) is 1.93. The second-order valence-corrected chi connectivity index (χ2v) is 9.70. The first kappa shape index (κ1) is 24.1. The predicted molar refractivity (Wildman–Crippen MR) is 148 cm³/mol. The fourth-order valence-corrected chi connectivity index (χ4v) is 4.90. The monoisotopic (exact) mass is 509 g/mol. The molecule has 194 valence electrons. The molecule has 38 heavy (non-hydrogen) atoms. The number of hydrogen-bond donors (Lipinski definition) is 2. The van der Waals surface area contributed by atoms with E-state index in [0.29, 0.717) is 18.4 Å². The zero-order chi connectivity index (χ0) is 25.7. The highest BCUT2D eigenvalue weighted by Gasteiger charge is 2.22. The maximum atomic E-state index is 9.78. The van der Waals surface area contributed by atoms with Gasteiger partial charge in [-0.05, 0) is 41.8 Å². The van der Waals surface area contributed by atoms with Gasteiger partial charge in [-0.25, -0.2) is 19.9 Å². The lowest BCUT2D eigenvalue weighted by Gasteiger charge is -2.34. The Balaban J connectivity index is 1.03. The molecule has 2 aromatic heterocycles. The van der Waals surface area contributed by atoms with Crippen molar-refractivity contribution in [2.24, 2.45) is 0 Å². The summed E-state index contributed by atoms with van der Waals surface area (Å²) in [6, 6.07) is 18.5. The molecule has 4 aromatic rings. The van der Waals surface area contributed by atoms with Crippen molar-refractivity contribution in [3.8, 4) is 0 Å². The predicted octanol–water partition coefficient (Wildman–Crippen LogP) is 2.89. The fourth-order valence-electron chi connectivity index (χ4n) is 4.90. The maximum absolute atomic E-state index is 9.78. The molecule has 4 heterocycles. The molecule has 6 rings (SSSR count). The molecule has 10 nitrogen and oxygen atoms in total. The van der Waals surface area contributed by atoms with Crippen molar-refractivity contribution >= 4 is 29.2 Å². The standard InChI is InChI=1S/C28H31N9O/c38-25-10-11-37(19-25)24-8-6-23(7-9-24)33-26-31-20-32-28(34-26)36-14-12-35(13-15-36)27-29-17-22(18-30-27)16-21-4-2-1-3-5-21/h1-9,17-18,20,25,38H,10-16,19H2,(H,31,32,33,34)/t25-/m1/s1. The maximum Gasteiger partial charge on any atom is 0.231 e. The van der Waals surface area contributed by atoms with Gasteiger partial charge in [-0.2, -0.15) is 4.98 Å². The number of aromatic nitrogens is 5. The molecule has 0 radical (unpaired) electrons. The van der Waals surface area contributed by atoms with Gasteiger partial charge in [0.2, 0.25) is 17.8 Å². The molecule has 2 N–H and O–H groups in total. The van der Waals surface area contributed by atoms with Crippen molar-refractivity contribution in [2.75, 3.05) is 59.3 Å². The molecule has 2 fully saturated rings. The molecule has 2 aliphatic rings. The van der Waals surface area contributed by atoms with Crippen molar-refractivity contribution in [1.29, 1.82) is 0 Å². The van der Waals surface area contributed by atoms with E-state index in [1.165, 1.54) is 5.56 Å². The van der Waals surface area contributed by atoms with Crippen LogP contribution in [-0.2, 0) is 6.42 Å². The molecule has 0 aliphatic carbocycles. The zero-order valence-corrected chi connectivity index (χ0v) is 21.2. The molecule has 0 amide bonds. The van der Waals surface area contributed by atoms with Crippen LogP contribution in [0.5, 0.6) is 0 Å². The highest BCUT2D eigenvalue weighted by molar-refractivity contribution is 5.60. The second kappa shape index (κ2) is 11.0. The lowest BCUT2D eigenvalue weighted by molar-refractivity contribution is 0.198. The van der Waals surface area contributed by atoms with Crippen LogP contribution in [0, 0.1) is 0 Å². The highest BCUT2D eigenvalue weighted by atomic mass is 16.3. The second-order valence-electron chi connectivity index (χ2n) is 9.70. The molecule has 0 bridgehead atoms. The summed E-state index contributed by atoms with van der Waals surface area (Å²) >= 11 is 0. The quantitative estimate of drug-likeness (QED) is 0.386. The number of piperazine rings is 1. The Morgan fingerprint density at radius 2 is 1.45 bits per heavy atom. The van der Waals surface area contributed by atoms with Crippen LogP contribution in [0.25, 0.3) is 0 Å². The van der Waals surface area contributed by atoms with Crippen molar-refractivity contribution < 1.29 is 5.11 Å². The van der Waals surface area contributed by atoms with Gasteiger partial charge in [0, 0.05) is 69.5 Å². The minimum Gasteiger partial charge on any atom is -0.391 e. The van der Waals surface area contributed by atoms with Crippen LogP contribution >= 0.6 is 0 Å². The lowest BCUT2D eigenvalue weighted by Crippen LogP contribution is -2.47. The molecule has 2 aromatic carbocycles. The third-order valence-electron chi connectivity index (χ3n) is 7.00. The van der Waals surface area contributed by atoms with Crippen LogP contribution in [0.1, 0.15) is 17.5 Å². The van der Waals surface area contributed by atoms with Gasteiger partial charge in [-0.15, -0.1) is 0 Å². The lowest BCUT2D eigenvalue weighted by atomic mass is 10.1. The van der Waals surface area contributed by atoms with Crippen LogP contribution in [-0.4, -0.2) is 75.4 Å². The molecular formula is C28H31N9O. The van der Waals surface area contributed by atoms with Gasteiger partial charge in [-0.1, -0.05) is 30.3 Å². The van der Waals surface area contributed by atoms with E-state index in [9.17, 15) is 5.11 Å². The number of nitrogens with zero attached hydrogens (tertiary/aromatic N) is 8.